The smallest absolute Gasteiger partial charge is 0.252 e. The van der Waals surface area contributed by atoms with Crippen molar-refractivity contribution in [1.29, 1.82) is 0 Å². The van der Waals surface area contributed by atoms with Crippen molar-refractivity contribution in [2.75, 3.05) is 44.7 Å². The molecule has 0 N–H and O–H groups in total. The van der Waals surface area contributed by atoms with Crippen LogP contribution in [0.15, 0.2) is 40.9 Å². The third kappa shape index (κ3) is 4.17. The van der Waals surface area contributed by atoms with Gasteiger partial charge in [-0.25, -0.2) is 8.42 Å². The summed E-state index contributed by atoms with van der Waals surface area (Å²) in [6.07, 6.45) is 3.48. The Morgan fingerprint density at radius 3 is 2.42 bits per heavy atom. The van der Waals surface area contributed by atoms with Crippen LogP contribution in [0.1, 0.15) is 0 Å². The minimum Gasteiger partial charge on any atom is -0.368 e. The van der Waals surface area contributed by atoms with E-state index in [1.54, 1.807) is 17.3 Å². The van der Waals surface area contributed by atoms with Crippen LogP contribution in [0.2, 0.25) is 4.34 Å². The van der Waals surface area contributed by atoms with Crippen LogP contribution >= 0.6 is 22.9 Å². The maximum Gasteiger partial charge on any atom is 0.252 e. The van der Waals surface area contributed by atoms with Crippen LogP contribution in [0.4, 0.5) is 5.69 Å². The molecule has 1 aliphatic heterocycles. The quantitative estimate of drug-likeness (QED) is 0.745. The second-order valence-electron chi connectivity index (χ2n) is 5.89. The summed E-state index contributed by atoms with van der Waals surface area (Å²) < 4.78 is 26.6. The molecule has 1 saturated heterocycles. The highest BCUT2D eigenvalue weighted by atomic mass is 35.5. The monoisotopic (exact) mass is 414 g/mol. The average Bonchev–Trinajstić information content (AvgIpc) is 3.09. The molecule has 0 unspecified atom stereocenters. The molecule has 3 rings (SSSR count). The fraction of sp³-hybridized carbons (Fsp3) is 0.375. The minimum absolute atomic E-state index is 0.139. The molecule has 140 valence electrons. The van der Waals surface area contributed by atoms with E-state index in [1.165, 1.54) is 19.2 Å². The van der Waals surface area contributed by atoms with Crippen molar-refractivity contribution >= 4 is 44.6 Å². The van der Waals surface area contributed by atoms with Crippen LogP contribution in [-0.4, -0.2) is 68.3 Å². The highest BCUT2D eigenvalue weighted by molar-refractivity contribution is 7.91. The number of thiophene rings is 1. The summed E-state index contributed by atoms with van der Waals surface area (Å²) in [6, 6.07) is 6.86. The molecule has 10 heteroatoms. The Labute approximate surface area is 161 Å². The standard InChI is InChI=1S/C16H19ClN4O3S2/c1-19(26(23,24)16-3-2-14(17)25-16)12-15(22)21-10-8-20(9-11-21)13-4-6-18-7-5-13/h2-7H,8-12H2,1H3. The lowest BCUT2D eigenvalue weighted by molar-refractivity contribution is -0.131. The van der Waals surface area contributed by atoms with Crippen LogP contribution in [0.5, 0.6) is 0 Å². The fourth-order valence-electron chi connectivity index (χ4n) is 2.73. The Hall–Kier alpha value is -1.68. The van der Waals surface area contributed by atoms with E-state index in [1.807, 2.05) is 12.1 Å². The summed E-state index contributed by atoms with van der Waals surface area (Å²) in [5.74, 6) is -0.201. The molecule has 0 aromatic carbocycles. The highest BCUT2D eigenvalue weighted by Crippen LogP contribution is 2.27. The van der Waals surface area contributed by atoms with Crippen LogP contribution in [0.25, 0.3) is 0 Å². The first-order valence-electron chi connectivity index (χ1n) is 8.02. The number of likely N-dealkylation sites (N-methyl/N-ethyl adjacent to an activating group) is 1. The van der Waals surface area contributed by atoms with Gasteiger partial charge in [0.25, 0.3) is 10.0 Å². The zero-order chi connectivity index (χ0) is 18.7. The predicted octanol–water partition coefficient (Wildman–Crippen LogP) is 1.77. The Morgan fingerprint density at radius 1 is 1.19 bits per heavy atom. The Morgan fingerprint density at radius 2 is 1.85 bits per heavy atom. The van der Waals surface area contributed by atoms with Crippen LogP contribution in [0.3, 0.4) is 0 Å². The van der Waals surface area contributed by atoms with Crippen molar-refractivity contribution in [3.05, 3.63) is 41.0 Å². The first kappa shape index (κ1) is 19.1. The molecule has 3 heterocycles. The fourth-order valence-corrected chi connectivity index (χ4v) is 5.55. The van der Waals surface area contributed by atoms with Gasteiger partial charge in [-0.3, -0.25) is 9.78 Å². The minimum atomic E-state index is -3.70. The molecule has 0 radical (unpaired) electrons. The Kier molecular flexibility index (Phi) is 5.81. The Balaban J connectivity index is 1.57. The van der Waals surface area contributed by atoms with Gasteiger partial charge >= 0.3 is 0 Å². The third-order valence-electron chi connectivity index (χ3n) is 4.23. The van der Waals surface area contributed by atoms with Crippen molar-refractivity contribution in [2.24, 2.45) is 0 Å². The van der Waals surface area contributed by atoms with Gasteiger partial charge < -0.3 is 9.80 Å². The van der Waals surface area contributed by atoms with E-state index in [0.717, 1.165) is 21.3 Å². The zero-order valence-electron chi connectivity index (χ0n) is 14.2. The van der Waals surface area contributed by atoms with Gasteiger partial charge in [0, 0.05) is 51.3 Å². The third-order valence-corrected chi connectivity index (χ3v) is 7.73. The molecule has 2 aromatic heterocycles. The summed E-state index contributed by atoms with van der Waals surface area (Å²) in [5.41, 5.74) is 1.07. The topological polar surface area (TPSA) is 73.8 Å². The van der Waals surface area contributed by atoms with Crippen molar-refractivity contribution < 1.29 is 13.2 Å². The molecule has 7 nitrogen and oxygen atoms in total. The molecule has 0 saturated carbocycles. The number of aromatic nitrogens is 1. The number of hydrogen-bond donors (Lipinski definition) is 0. The molecule has 2 aromatic rings. The van der Waals surface area contributed by atoms with Gasteiger partial charge in [-0.1, -0.05) is 11.6 Å². The number of anilines is 1. The first-order chi connectivity index (χ1) is 12.4. The van der Waals surface area contributed by atoms with Gasteiger partial charge in [0.05, 0.1) is 10.9 Å². The summed E-state index contributed by atoms with van der Waals surface area (Å²) >= 11 is 6.80. The van der Waals surface area contributed by atoms with Crippen molar-refractivity contribution in [2.45, 2.75) is 4.21 Å². The summed E-state index contributed by atoms with van der Waals surface area (Å²) in [5, 5.41) is 0. The second kappa shape index (κ2) is 7.91. The SMILES string of the molecule is CN(CC(=O)N1CCN(c2ccncc2)CC1)S(=O)(=O)c1ccc(Cl)s1. The van der Waals surface area contributed by atoms with E-state index >= 15 is 0 Å². The number of carbonyl (C=O) groups excluding carboxylic acids is 1. The van der Waals surface area contributed by atoms with Crippen LogP contribution < -0.4 is 4.90 Å². The maximum absolute atomic E-state index is 12.5. The van der Waals surface area contributed by atoms with Crippen LogP contribution in [-0.2, 0) is 14.8 Å². The van der Waals surface area contributed by atoms with Crippen LogP contribution in [0, 0.1) is 0 Å². The lowest BCUT2D eigenvalue weighted by Gasteiger charge is -2.36. The van der Waals surface area contributed by atoms with Crippen molar-refractivity contribution in [3.8, 4) is 0 Å². The number of carbonyl (C=O) groups is 1. The highest BCUT2D eigenvalue weighted by Gasteiger charge is 2.28. The largest absolute Gasteiger partial charge is 0.368 e. The molecular formula is C16H19ClN4O3S2. The number of hydrogen-bond acceptors (Lipinski definition) is 6. The lowest BCUT2D eigenvalue weighted by atomic mass is 10.2. The number of piperazine rings is 1. The molecule has 0 bridgehead atoms. The van der Waals surface area contributed by atoms with E-state index in [9.17, 15) is 13.2 Å². The molecule has 1 fully saturated rings. The van der Waals surface area contributed by atoms with Gasteiger partial charge in [-0.05, 0) is 24.3 Å². The predicted molar refractivity (Wildman–Crippen MR) is 102 cm³/mol. The van der Waals surface area contributed by atoms with E-state index in [-0.39, 0.29) is 16.7 Å². The van der Waals surface area contributed by atoms with E-state index in [0.29, 0.717) is 30.5 Å². The Bertz CT molecular complexity index is 865. The first-order valence-corrected chi connectivity index (χ1v) is 10.7. The molecule has 26 heavy (non-hydrogen) atoms. The van der Waals surface area contributed by atoms with E-state index in [2.05, 4.69) is 9.88 Å². The van der Waals surface area contributed by atoms with Gasteiger partial charge in [0.1, 0.15) is 4.21 Å². The van der Waals surface area contributed by atoms with Crippen molar-refractivity contribution in [3.63, 3.8) is 0 Å². The van der Waals surface area contributed by atoms with Gasteiger partial charge in [-0.15, -0.1) is 11.3 Å². The molecule has 0 aliphatic carbocycles. The molecule has 0 atom stereocenters. The zero-order valence-corrected chi connectivity index (χ0v) is 16.6. The molecule has 1 amide bonds. The summed E-state index contributed by atoms with van der Waals surface area (Å²) in [4.78, 5) is 20.4. The number of nitrogens with zero attached hydrogens (tertiary/aromatic N) is 4. The lowest BCUT2D eigenvalue weighted by Crippen LogP contribution is -2.51. The molecule has 0 spiro atoms. The average molecular weight is 415 g/mol. The number of amides is 1. The maximum atomic E-state index is 12.5. The van der Waals surface area contributed by atoms with Gasteiger partial charge in [-0.2, -0.15) is 4.31 Å². The van der Waals surface area contributed by atoms with E-state index in [4.69, 9.17) is 11.6 Å². The number of rotatable bonds is 5. The van der Waals surface area contributed by atoms with Gasteiger partial charge in [0.15, 0.2) is 0 Å². The normalized spacial score (nSPS) is 15.5. The summed E-state index contributed by atoms with van der Waals surface area (Å²) in [6.45, 7) is 2.33. The summed E-state index contributed by atoms with van der Waals surface area (Å²) in [7, 11) is -2.29. The number of sulfonamides is 1. The van der Waals surface area contributed by atoms with Gasteiger partial charge in [0.2, 0.25) is 5.91 Å². The van der Waals surface area contributed by atoms with E-state index < -0.39 is 10.0 Å². The van der Waals surface area contributed by atoms with Crippen molar-refractivity contribution in [1.82, 2.24) is 14.2 Å². The number of pyridine rings is 1. The molecular weight excluding hydrogens is 396 g/mol. The molecule has 1 aliphatic rings. The number of halogens is 1. The second-order valence-corrected chi connectivity index (χ2v) is 9.88.